The molecule has 0 N–H and O–H groups in total. The summed E-state index contributed by atoms with van der Waals surface area (Å²) in [6.07, 6.45) is 6.56. The highest BCUT2D eigenvalue weighted by Crippen LogP contribution is 2.37. The topological polar surface area (TPSA) is 43.1 Å². The lowest BCUT2D eigenvalue weighted by molar-refractivity contribution is 0.561. The van der Waals surface area contributed by atoms with E-state index in [0.717, 1.165) is 30.4 Å². The Balaban J connectivity index is 1.77. The molecule has 2 aromatic rings. The zero-order valence-corrected chi connectivity index (χ0v) is 12.3. The van der Waals surface area contributed by atoms with Crippen LogP contribution in [0.15, 0.2) is 28.7 Å². The molecule has 2 bridgehead atoms. The minimum Gasteiger partial charge on any atom is -0.441 e. The molecule has 0 radical (unpaired) electrons. The highest BCUT2D eigenvalue weighted by molar-refractivity contribution is 7.86. The van der Waals surface area contributed by atoms with E-state index in [-0.39, 0.29) is 5.25 Å². The van der Waals surface area contributed by atoms with Crippen LogP contribution in [0.1, 0.15) is 37.1 Å². The highest BCUT2D eigenvalue weighted by Gasteiger charge is 2.33. The summed E-state index contributed by atoms with van der Waals surface area (Å²) < 4.78 is 17.8. The summed E-state index contributed by atoms with van der Waals surface area (Å²) in [5.41, 5.74) is 4.30. The first kappa shape index (κ1) is 12.3. The van der Waals surface area contributed by atoms with Crippen LogP contribution in [-0.2, 0) is 10.8 Å². The molecule has 0 amide bonds. The van der Waals surface area contributed by atoms with E-state index in [0.29, 0.717) is 11.1 Å². The monoisotopic (exact) mass is 287 g/mol. The highest BCUT2D eigenvalue weighted by atomic mass is 32.2. The fourth-order valence-electron chi connectivity index (χ4n) is 3.35. The maximum absolute atomic E-state index is 12.2. The van der Waals surface area contributed by atoms with Crippen molar-refractivity contribution in [2.75, 3.05) is 0 Å². The summed E-state index contributed by atoms with van der Waals surface area (Å²) in [4.78, 5) is 4.40. The third-order valence-corrected chi connectivity index (χ3v) is 6.37. The minimum atomic E-state index is -0.664. The average Bonchev–Trinajstić information content (AvgIpc) is 2.77. The summed E-state index contributed by atoms with van der Waals surface area (Å²) in [7, 11) is -0.664. The van der Waals surface area contributed by atoms with Gasteiger partial charge in [0, 0.05) is 23.0 Å². The van der Waals surface area contributed by atoms with E-state index in [4.69, 9.17) is 4.42 Å². The zero-order valence-electron chi connectivity index (χ0n) is 11.5. The van der Waals surface area contributed by atoms with Crippen molar-refractivity contribution in [2.24, 2.45) is 0 Å². The third kappa shape index (κ3) is 1.94. The van der Waals surface area contributed by atoms with Crippen molar-refractivity contribution in [2.45, 2.75) is 43.1 Å². The van der Waals surface area contributed by atoms with E-state index in [2.05, 4.69) is 23.2 Å². The van der Waals surface area contributed by atoms with Crippen LogP contribution >= 0.6 is 0 Å². The second kappa shape index (κ2) is 4.55. The van der Waals surface area contributed by atoms with Crippen LogP contribution in [0, 0.1) is 6.92 Å². The molecule has 4 rings (SSSR count). The normalized spacial score (nSPS) is 29.4. The van der Waals surface area contributed by atoms with Gasteiger partial charge in [-0.2, -0.15) is 0 Å². The second-order valence-electron chi connectivity index (χ2n) is 5.73. The van der Waals surface area contributed by atoms with Gasteiger partial charge < -0.3 is 4.42 Å². The van der Waals surface area contributed by atoms with Gasteiger partial charge in [-0.1, -0.05) is 18.6 Å². The Hall–Kier alpha value is -1.42. The Morgan fingerprint density at radius 3 is 3.10 bits per heavy atom. The Bertz CT molecular complexity index is 731. The molecule has 4 heteroatoms. The Morgan fingerprint density at radius 2 is 2.25 bits per heavy atom. The van der Waals surface area contributed by atoms with Crippen molar-refractivity contribution in [3.63, 3.8) is 0 Å². The van der Waals surface area contributed by atoms with Gasteiger partial charge in [0.1, 0.15) is 5.52 Å². The molecule has 2 aliphatic rings. The molecule has 104 valence electrons. The van der Waals surface area contributed by atoms with Crippen molar-refractivity contribution in [1.82, 2.24) is 4.98 Å². The zero-order chi connectivity index (χ0) is 13.7. The van der Waals surface area contributed by atoms with E-state index >= 15 is 0 Å². The summed E-state index contributed by atoms with van der Waals surface area (Å²) >= 11 is 0. The van der Waals surface area contributed by atoms with E-state index in [1.54, 1.807) is 0 Å². The van der Waals surface area contributed by atoms with Gasteiger partial charge in [0.05, 0.1) is 5.25 Å². The number of aromatic nitrogens is 1. The Morgan fingerprint density at radius 1 is 1.35 bits per heavy atom. The maximum atomic E-state index is 12.2. The van der Waals surface area contributed by atoms with Crippen molar-refractivity contribution in [3.8, 4) is 0 Å². The standard InChI is InChI=1S/C16H17NO2S/c1-10-17-15-9-11(5-6-16(15)19-10)12-7-13-3-2-4-14(8-12)20(13)18/h5-7,9,13-14H,2-4,8H2,1H3. The van der Waals surface area contributed by atoms with Gasteiger partial charge in [0.2, 0.25) is 0 Å². The summed E-state index contributed by atoms with van der Waals surface area (Å²) in [6, 6.07) is 6.19. The number of hydrogen-bond donors (Lipinski definition) is 0. The van der Waals surface area contributed by atoms with Gasteiger partial charge in [-0.25, -0.2) is 4.98 Å². The van der Waals surface area contributed by atoms with Gasteiger partial charge in [0.25, 0.3) is 0 Å². The summed E-state index contributed by atoms with van der Waals surface area (Å²) in [5, 5.41) is 0.607. The molecule has 3 heterocycles. The van der Waals surface area contributed by atoms with Crippen LogP contribution in [0.2, 0.25) is 0 Å². The van der Waals surface area contributed by atoms with E-state index in [9.17, 15) is 4.21 Å². The minimum absolute atomic E-state index is 0.257. The molecule has 2 aliphatic heterocycles. The van der Waals surface area contributed by atoms with Crippen molar-refractivity contribution >= 4 is 27.5 Å². The van der Waals surface area contributed by atoms with E-state index in [1.165, 1.54) is 17.6 Å². The fourth-order valence-corrected chi connectivity index (χ4v) is 5.29. The number of hydrogen-bond acceptors (Lipinski definition) is 3. The van der Waals surface area contributed by atoms with Crippen molar-refractivity contribution < 1.29 is 8.63 Å². The number of rotatable bonds is 1. The van der Waals surface area contributed by atoms with Crippen LogP contribution in [0.4, 0.5) is 0 Å². The summed E-state index contributed by atoms with van der Waals surface area (Å²) in [5.74, 6) is 0.702. The molecule has 3 atom stereocenters. The lowest BCUT2D eigenvalue weighted by Crippen LogP contribution is -2.33. The molecular formula is C16H17NO2S. The fraction of sp³-hybridized carbons (Fsp3) is 0.438. The Labute approximate surface area is 120 Å². The molecule has 1 saturated heterocycles. The van der Waals surface area contributed by atoms with Gasteiger partial charge in [-0.3, -0.25) is 4.21 Å². The van der Waals surface area contributed by atoms with Crippen molar-refractivity contribution in [3.05, 3.63) is 35.7 Å². The predicted octanol–water partition coefficient (Wildman–Crippen LogP) is 3.59. The van der Waals surface area contributed by atoms with Crippen molar-refractivity contribution in [1.29, 1.82) is 0 Å². The molecule has 1 aromatic carbocycles. The predicted molar refractivity (Wildman–Crippen MR) is 80.9 cm³/mol. The largest absolute Gasteiger partial charge is 0.441 e. The summed E-state index contributed by atoms with van der Waals surface area (Å²) in [6.45, 7) is 1.87. The molecular weight excluding hydrogens is 270 g/mol. The molecule has 1 fully saturated rings. The number of allylic oxidation sites excluding steroid dienone is 1. The van der Waals surface area contributed by atoms with Gasteiger partial charge in [-0.05, 0) is 42.5 Å². The average molecular weight is 287 g/mol. The van der Waals surface area contributed by atoms with Gasteiger partial charge in [-0.15, -0.1) is 0 Å². The van der Waals surface area contributed by atoms with Crippen LogP contribution in [0.3, 0.4) is 0 Å². The first-order valence-corrected chi connectivity index (χ1v) is 8.46. The number of fused-ring (bicyclic) bond motifs is 3. The van der Waals surface area contributed by atoms with Gasteiger partial charge in [0.15, 0.2) is 11.5 Å². The molecule has 20 heavy (non-hydrogen) atoms. The number of nitrogens with zero attached hydrogens (tertiary/aromatic N) is 1. The molecule has 0 saturated carbocycles. The third-order valence-electron chi connectivity index (χ3n) is 4.34. The lowest BCUT2D eigenvalue weighted by atomic mass is 9.93. The van der Waals surface area contributed by atoms with E-state index in [1.807, 2.05) is 13.0 Å². The molecule has 3 unspecified atom stereocenters. The lowest BCUT2D eigenvalue weighted by Gasteiger charge is -2.32. The molecule has 3 nitrogen and oxygen atoms in total. The molecule has 1 aromatic heterocycles. The van der Waals surface area contributed by atoms with Crippen LogP contribution in [0.5, 0.6) is 0 Å². The molecule has 0 spiro atoms. The van der Waals surface area contributed by atoms with Crippen LogP contribution in [0.25, 0.3) is 16.7 Å². The Kier molecular flexibility index (Phi) is 2.81. The number of oxazole rings is 1. The maximum Gasteiger partial charge on any atom is 0.192 e. The quantitative estimate of drug-likeness (QED) is 0.805. The first-order chi connectivity index (χ1) is 9.70. The smallest absolute Gasteiger partial charge is 0.192 e. The van der Waals surface area contributed by atoms with Crippen LogP contribution < -0.4 is 0 Å². The molecule has 0 aliphatic carbocycles. The first-order valence-electron chi connectivity index (χ1n) is 7.18. The number of benzene rings is 1. The number of aryl methyl sites for hydroxylation is 1. The SMILES string of the molecule is Cc1nc2cc(C3=CC4CCCC(C3)S4=O)ccc2o1. The van der Waals surface area contributed by atoms with Gasteiger partial charge >= 0.3 is 0 Å². The van der Waals surface area contributed by atoms with E-state index < -0.39 is 10.8 Å². The van der Waals surface area contributed by atoms with Crippen LogP contribution in [-0.4, -0.2) is 19.7 Å². The second-order valence-corrected chi connectivity index (χ2v) is 7.66.